The van der Waals surface area contributed by atoms with Crippen molar-refractivity contribution in [1.29, 1.82) is 0 Å². The van der Waals surface area contributed by atoms with E-state index < -0.39 is 0 Å². The fourth-order valence-corrected chi connectivity index (χ4v) is 2.21. The predicted molar refractivity (Wildman–Crippen MR) is 60.1 cm³/mol. The van der Waals surface area contributed by atoms with E-state index in [2.05, 4.69) is 31.1 Å². The largest absolute Gasteiger partial charge is 0.300 e. The Kier molecular flexibility index (Phi) is 2.19. The number of rotatable bonds is 1. The quantitative estimate of drug-likeness (QED) is 0.700. The summed E-state index contributed by atoms with van der Waals surface area (Å²) in [5.41, 5.74) is 1.30. The second kappa shape index (κ2) is 3.24. The molecule has 0 aliphatic carbocycles. The summed E-state index contributed by atoms with van der Waals surface area (Å²) in [5.74, 6) is 0. The Labute approximate surface area is 88.2 Å². The van der Waals surface area contributed by atoms with Crippen LogP contribution in [0, 0.1) is 0 Å². The molecule has 3 heteroatoms. The monoisotopic (exact) mass is 206 g/mol. The Morgan fingerprint density at radius 2 is 1.86 bits per heavy atom. The van der Waals surface area contributed by atoms with Crippen LogP contribution in [0.25, 0.3) is 5.13 Å². The first kappa shape index (κ1) is 9.46. The standard InChI is InChI=1S/C11H14N2S/c1-11(2,3)9-8-14-10(12-9)13-6-4-5-7-13/h4-8H,1-3H3. The molecule has 14 heavy (non-hydrogen) atoms. The average molecular weight is 206 g/mol. The third kappa shape index (κ3) is 1.73. The van der Waals surface area contributed by atoms with Gasteiger partial charge in [0, 0.05) is 23.2 Å². The van der Waals surface area contributed by atoms with Gasteiger partial charge in [-0.1, -0.05) is 20.8 Å². The summed E-state index contributed by atoms with van der Waals surface area (Å²) < 4.78 is 2.04. The molecule has 0 aliphatic heterocycles. The Morgan fingerprint density at radius 1 is 1.21 bits per heavy atom. The van der Waals surface area contributed by atoms with E-state index in [-0.39, 0.29) is 5.41 Å². The molecule has 2 nitrogen and oxygen atoms in total. The number of hydrogen-bond acceptors (Lipinski definition) is 2. The van der Waals surface area contributed by atoms with Crippen molar-refractivity contribution in [1.82, 2.24) is 9.55 Å². The lowest BCUT2D eigenvalue weighted by Gasteiger charge is -2.14. The summed E-state index contributed by atoms with van der Waals surface area (Å²) in [6.45, 7) is 6.55. The maximum Gasteiger partial charge on any atom is 0.193 e. The normalized spacial score (nSPS) is 11.9. The summed E-state index contributed by atoms with van der Waals surface area (Å²) in [4.78, 5) is 4.61. The summed E-state index contributed by atoms with van der Waals surface area (Å²) in [7, 11) is 0. The summed E-state index contributed by atoms with van der Waals surface area (Å²) in [5, 5.41) is 3.18. The molecule has 0 unspecified atom stereocenters. The van der Waals surface area contributed by atoms with Crippen LogP contribution < -0.4 is 0 Å². The van der Waals surface area contributed by atoms with Crippen LogP contribution in [0.3, 0.4) is 0 Å². The molecule has 2 aromatic heterocycles. The van der Waals surface area contributed by atoms with E-state index in [1.165, 1.54) is 0 Å². The Bertz CT molecular complexity index is 407. The fourth-order valence-electron chi connectivity index (χ4n) is 1.19. The second-order valence-electron chi connectivity index (χ2n) is 4.36. The zero-order valence-electron chi connectivity index (χ0n) is 8.69. The first-order chi connectivity index (χ1) is 6.57. The van der Waals surface area contributed by atoms with Crippen molar-refractivity contribution in [3.63, 3.8) is 0 Å². The van der Waals surface area contributed by atoms with Gasteiger partial charge in [0.05, 0.1) is 5.69 Å². The SMILES string of the molecule is CC(C)(C)c1csc(-n2cccc2)n1. The third-order valence-corrected chi connectivity index (χ3v) is 2.94. The minimum Gasteiger partial charge on any atom is -0.300 e. The Hall–Kier alpha value is -1.09. The van der Waals surface area contributed by atoms with Crippen molar-refractivity contribution < 1.29 is 0 Å². The van der Waals surface area contributed by atoms with Crippen LogP contribution in [0.2, 0.25) is 0 Å². The molecule has 0 N–H and O–H groups in total. The molecule has 0 radical (unpaired) electrons. The van der Waals surface area contributed by atoms with Gasteiger partial charge in [-0.2, -0.15) is 0 Å². The molecule has 0 aromatic carbocycles. The molecule has 0 atom stereocenters. The van der Waals surface area contributed by atoms with E-state index in [9.17, 15) is 0 Å². The maximum atomic E-state index is 4.61. The second-order valence-corrected chi connectivity index (χ2v) is 5.19. The van der Waals surface area contributed by atoms with Crippen molar-refractivity contribution in [2.24, 2.45) is 0 Å². The molecule has 0 fully saturated rings. The van der Waals surface area contributed by atoms with Crippen LogP contribution in [-0.2, 0) is 5.41 Å². The highest BCUT2D eigenvalue weighted by Gasteiger charge is 2.17. The van der Waals surface area contributed by atoms with Gasteiger partial charge in [0.2, 0.25) is 0 Å². The van der Waals surface area contributed by atoms with Crippen LogP contribution in [0.4, 0.5) is 0 Å². The predicted octanol–water partition coefficient (Wildman–Crippen LogP) is 3.23. The van der Waals surface area contributed by atoms with E-state index >= 15 is 0 Å². The first-order valence-corrected chi connectivity index (χ1v) is 5.55. The Balaban J connectivity index is 2.36. The van der Waals surface area contributed by atoms with Crippen molar-refractivity contribution >= 4 is 11.3 Å². The van der Waals surface area contributed by atoms with Gasteiger partial charge < -0.3 is 4.57 Å². The highest BCUT2D eigenvalue weighted by atomic mass is 32.1. The Morgan fingerprint density at radius 3 is 2.36 bits per heavy atom. The number of hydrogen-bond donors (Lipinski definition) is 0. The molecule has 0 spiro atoms. The van der Waals surface area contributed by atoms with E-state index in [0.717, 1.165) is 10.8 Å². The fraction of sp³-hybridized carbons (Fsp3) is 0.364. The van der Waals surface area contributed by atoms with Crippen LogP contribution >= 0.6 is 11.3 Å². The first-order valence-electron chi connectivity index (χ1n) is 4.67. The van der Waals surface area contributed by atoms with Crippen LogP contribution in [0.5, 0.6) is 0 Å². The third-order valence-electron chi connectivity index (χ3n) is 2.09. The molecule has 0 aliphatic rings. The van der Waals surface area contributed by atoms with Crippen molar-refractivity contribution in [2.75, 3.05) is 0 Å². The van der Waals surface area contributed by atoms with Crippen LogP contribution in [-0.4, -0.2) is 9.55 Å². The average Bonchev–Trinajstić information content (AvgIpc) is 2.73. The van der Waals surface area contributed by atoms with Gasteiger partial charge in [-0.15, -0.1) is 11.3 Å². The minimum absolute atomic E-state index is 0.141. The zero-order chi connectivity index (χ0) is 10.2. The lowest BCUT2D eigenvalue weighted by atomic mass is 9.93. The molecule has 2 aromatic rings. The molecule has 0 bridgehead atoms. The van der Waals surface area contributed by atoms with Crippen molar-refractivity contribution in [3.05, 3.63) is 35.6 Å². The smallest absolute Gasteiger partial charge is 0.193 e. The number of nitrogens with zero attached hydrogens (tertiary/aromatic N) is 2. The lowest BCUT2D eigenvalue weighted by molar-refractivity contribution is 0.572. The van der Waals surface area contributed by atoms with Crippen molar-refractivity contribution in [3.8, 4) is 5.13 Å². The number of thiazole rings is 1. The van der Waals surface area contributed by atoms with Crippen molar-refractivity contribution in [2.45, 2.75) is 26.2 Å². The van der Waals surface area contributed by atoms with Gasteiger partial charge in [-0.25, -0.2) is 4.98 Å². The highest BCUT2D eigenvalue weighted by molar-refractivity contribution is 7.12. The van der Waals surface area contributed by atoms with Gasteiger partial charge in [0.25, 0.3) is 0 Å². The summed E-state index contributed by atoms with van der Waals surface area (Å²) in [6.07, 6.45) is 4.04. The molecule has 74 valence electrons. The van der Waals surface area contributed by atoms with Gasteiger partial charge in [-0.05, 0) is 12.1 Å². The summed E-state index contributed by atoms with van der Waals surface area (Å²) in [6, 6.07) is 4.02. The van der Waals surface area contributed by atoms with Crippen LogP contribution in [0.15, 0.2) is 29.9 Å². The maximum absolute atomic E-state index is 4.61. The molecule has 2 heterocycles. The molecular weight excluding hydrogens is 192 g/mol. The van der Waals surface area contributed by atoms with Gasteiger partial charge in [0.15, 0.2) is 5.13 Å². The van der Waals surface area contributed by atoms with E-state index in [1.54, 1.807) is 11.3 Å². The number of aromatic nitrogens is 2. The zero-order valence-corrected chi connectivity index (χ0v) is 9.51. The molecule has 0 saturated carbocycles. The van der Waals surface area contributed by atoms with Gasteiger partial charge in [-0.3, -0.25) is 0 Å². The van der Waals surface area contributed by atoms with E-state index in [1.807, 2.05) is 29.1 Å². The van der Waals surface area contributed by atoms with E-state index in [0.29, 0.717) is 0 Å². The van der Waals surface area contributed by atoms with Crippen LogP contribution in [0.1, 0.15) is 26.5 Å². The molecule has 0 saturated heterocycles. The van der Waals surface area contributed by atoms with E-state index in [4.69, 9.17) is 0 Å². The highest BCUT2D eigenvalue weighted by Crippen LogP contribution is 2.25. The van der Waals surface area contributed by atoms with Gasteiger partial charge in [0.1, 0.15) is 0 Å². The van der Waals surface area contributed by atoms with Gasteiger partial charge >= 0.3 is 0 Å². The lowest BCUT2D eigenvalue weighted by Crippen LogP contribution is -2.11. The molecule has 2 rings (SSSR count). The molecular formula is C11H14N2S. The summed E-state index contributed by atoms with van der Waals surface area (Å²) >= 11 is 1.69. The molecule has 0 amide bonds. The topological polar surface area (TPSA) is 17.8 Å². The minimum atomic E-state index is 0.141.